The van der Waals surface area contributed by atoms with E-state index in [1.807, 2.05) is 24.0 Å². The fourth-order valence-electron chi connectivity index (χ4n) is 3.98. The molecule has 8 heteroatoms. The zero-order valence-corrected chi connectivity index (χ0v) is 19.7. The molecule has 1 aliphatic heterocycles. The maximum absolute atomic E-state index is 13.2. The van der Waals surface area contributed by atoms with E-state index in [-0.39, 0.29) is 24.1 Å². The minimum atomic E-state index is -0.568. The molecule has 0 bridgehead atoms. The highest BCUT2D eigenvalue weighted by atomic mass is 32.1. The molecular weight excluding hydrogens is 426 g/mol. The number of nitrogens with one attached hydrogen (secondary N) is 2. The van der Waals surface area contributed by atoms with Gasteiger partial charge >= 0.3 is 0 Å². The van der Waals surface area contributed by atoms with E-state index in [1.54, 1.807) is 30.6 Å². The van der Waals surface area contributed by atoms with Crippen molar-refractivity contribution in [3.63, 3.8) is 0 Å². The Kier molecular flexibility index (Phi) is 8.27. The maximum Gasteiger partial charge on any atom is 0.245 e. The van der Waals surface area contributed by atoms with Gasteiger partial charge in [-0.2, -0.15) is 0 Å². The van der Waals surface area contributed by atoms with Crippen molar-refractivity contribution in [3.8, 4) is 5.75 Å². The molecule has 172 valence electrons. The molecule has 0 saturated carbocycles. The lowest BCUT2D eigenvalue weighted by molar-refractivity contribution is -0.137. The van der Waals surface area contributed by atoms with Crippen LogP contribution in [-0.4, -0.2) is 42.3 Å². The van der Waals surface area contributed by atoms with E-state index in [0.29, 0.717) is 25.3 Å². The molecule has 2 aromatic rings. The zero-order valence-electron chi connectivity index (χ0n) is 18.8. The Bertz CT molecular complexity index is 941. The Balaban J connectivity index is 1.66. The third-order valence-electron chi connectivity index (χ3n) is 5.62. The molecule has 1 aromatic carbocycles. The molecule has 2 N–H and O–H groups in total. The number of ether oxygens (including phenoxy) is 1. The van der Waals surface area contributed by atoms with Gasteiger partial charge in [-0.25, -0.2) is 0 Å². The first-order valence-electron chi connectivity index (χ1n) is 11.0. The van der Waals surface area contributed by atoms with Crippen molar-refractivity contribution in [2.24, 2.45) is 0 Å². The lowest BCUT2D eigenvalue weighted by Gasteiger charge is -2.31. The van der Waals surface area contributed by atoms with E-state index >= 15 is 0 Å². The summed E-state index contributed by atoms with van der Waals surface area (Å²) in [4.78, 5) is 41.0. The van der Waals surface area contributed by atoms with E-state index in [2.05, 4.69) is 22.1 Å². The third kappa shape index (κ3) is 6.09. The summed E-state index contributed by atoms with van der Waals surface area (Å²) in [6.07, 6.45) is 2.26. The van der Waals surface area contributed by atoms with Crippen molar-refractivity contribution in [3.05, 3.63) is 51.7 Å². The van der Waals surface area contributed by atoms with Gasteiger partial charge in [0.15, 0.2) is 0 Å². The molecule has 7 nitrogen and oxygen atoms in total. The van der Waals surface area contributed by atoms with Crippen LogP contribution in [-0.2, 0) is 27.3 Å². The number of methoxy groups -OCH3 is 1. The Morgan fingerprint density at radius 1 is 1.16 bits per heavy atom. The molecule has 2 heterocycles. The number of hydrogen-bond acceptors (Lipinski definition) is 5. The number of rotatable bonds is 9. The van der Waals surface area contributed by atoms with E-state index in [1.165, 1.54) is 17.4 Å². The van der Waals surface area contributed by atoms with Gasteiger partial charge in [0.05, 0.1) is 19.6 Å². The first kappa shape index (κ1) is 23.8. The second kappa shape index (κ2) is 11.1. The average Bonchev–Trinajstić information content (AvgIpc) is 3.25. The first-order valence-corrected chi connectivity index (χ1v) is 11.8. The van der Waals surface area contributed by atoms with Crippen LogP contribution in [0.5, 0.6) is 5.75 Å². The molecule has 3 rings (SSSR count). The van der Waals surface area contributed by atoms with E-state index in [9.17, 15) is 14.4 Å². The second-order valence-electron chi connectivity index (χ2n) is 8.02. The molecule has 1 aliphatic rings. The van der Waals surface area contributed by atoms with Crippen molar-refractivity contribution in [1.82, 2.24) is 15.5 Å². The molecule has 32 heavy (non-hydrogen) atoms. The monoisotopic (exact) mass is 457 g/mol. The molecule has 2 atom stereocenters. The van der Waals surface area contributed by atoms with Crippen LogP contribution in [0.3, 0.4) is 0 Å². The van der Waals surface area contributed by atoms with Crippen LogP contribution >= 0.6 is 11.3 Å². The fraction of sp³-hybridized carbons (Fsp3) is 0.458. The molecule has 2 unspecified atom stereocenters. The predicted octanol–water partition coefficient (Wildman–Crippen LogP) is 3.19. The summed E-state index contributed by atoms with van der Waals surface area (Å²) in [5, 5.41) is 7.82. The zero-order chi connectivity index (χ0) is 23.1. The lowest BCUT2D eigenvalue weighted by atomic mass is 10.0. The van der Waals surface area contributed by atoms with Gasteiger partial charge in [-0.1, -0.05) is 25.5 Å². The summed E-state index contributed by atoms with van der Waals surface area (Å²) in [5.74, 6) is 0.167. The maximum atomic E-state index is 13.2. The van der Waals surface area contributed by atoms with Crippen LogP contribution in [0.25, 0.3) is 0 Å². The summed E-state index contributed by atoms with van der Waals surface area (Å²) in [7, 11) is 1.58. The third-order valence-corrected chi connectivity index (χ3v) is 6.64. The van der Waals surface area contributed by atoms with Gasteiger partial charge in [0.25, 0.3) is 0 Å². The Morgan fingerprint density at radius 2 is 1.91 bits per heavy atom. The van der Waals surface area contributed by atoms with Crippen molar-refractivity contribution < 1.29 is 19.1 Å². The molecular formula is C24H31N3O4S. The van der Waals surface area contributed by atoms with Gasteiger partial charge in [0, 0.05) is 24.9 Å². The summed E-state index contributed by atoms with van der Waals surface area (Å²) in [6.45, 7) is 4.68. The molecule has 1 aromatic heterocycles. The van der Waals surface area contributed by atoms with E-state index in [0.717, 1.165) is 18.4 Å². The normalized spacial score (nSPS) is 14.8. The topological polar surface area (TPSA) is 87.7 Å². The van der Waals surface area contributed by atoms with Crippen LogP contribution in [0.4, 0.5) is 0 Å². The number of carbonyl (C=O) groups excluding carboxylic acids is 3. The van der Waals surface area contributed by atoms with E-state index < -0.39 is 12.1 Å². The van der Waals surface area contributed by atoms with Crippen molar-refractivity contribution in [2.45, 2.75) is 58.2 Å². The van der Waals surface area contributed by atoms with Crippen LogP contribution in [0, 0.1) is 0 Å². The summed E-state index contributed by atoms with van der Waals surface area (Å²) < 4.78 is 5.18. The summed E-state index contributed by atoms with van der Waals surface area (Å²) >= 11 is 1.73. The Hall–Kier alpha value is -2.87. The van der Waals surface area contributed by atoms with Crippen LogP contribution in [0.1, 0.15) is 55.2 Å². The summed E-state index contributed by atoms with van der Waals surface area (Å²) in [5.41, 5.74) is 2.00. The molecule has 0 spiro atoms. The Morgan fingerprint density at radius 3 is 2.56 bits per heavy atom. The van der Waals surface area contributed by atoms with Gasteiger partial charge in [0.1, 0.15) is 11.8 Å². The van der Waals surface area contributed by atoms with Crippen LogP contribution in [0.2, 0.25) is 0 Å². The van der Waals surface area contributed by atoms with Crippen LogP contribution in [0.15, 0.2) is 35.7 Å². The number of fused-ring (bicyclic) bond motifs is 1. The van der Waals surface area contributed by atoms with Crippen LogP contribution < -0.4 is 15.4 Å². The van der Waals surface area contributed by atoms with Crippen molar-refractivity contribution in [1.29, 1.82) is 0 Å². The van der Waals surface area contributed by atoms with Crippen molar-refractivity contribution in [2.75, 3.05) is 13.7 Å². The molecule has 0 aliphatic carbocycles. The fourth-order valence-corrected chi connectivity index (χ4v) is 4.87. The smallest absolute Gasteiger partial charge is 0.245 e. The minimum Gasteiger partial charge on any atom is -0.497 e. The largest absolute Gasteiger partial charge is 0.497 e. The number of amides is 3. The van der Waals surface area contributed by atoms with Crippen molar-refractivity contribution >= 4 is 29.1 Å². The van der Waals surface area contributed by atoms with Gasteiger partial charge in [-0.15, -0.1) is 11.3 Å². The molecule has 0 saturated heterocycles. The molecule has 3 amide bonds. The number of benzene rings is 1. The standard InChI is InChI=1S/C24H31N3O4S/c1-4-5-20(24(30)27-12-10-22-18(15-27)11-13-32-22)26-23(29)14-21(25-16(2)28)17-6-8-19(31-3)9-7-17/h6-9,11,13,20-21H,4-5,10,12,14-15H2,1-3H3,(H,25,28)(H,26,29). The average molecular weight is 458 g/mol. The molecule has 0 fully saturated rings. The second-order valence-corrected chi connectivity index (χ2v) is 9.02. The highest BCUT2D eigenvalue weighted by Crippen LogP contribution is 2.25. The number of carbonyl (C=O) groups is 3. The Labute approximate surface area is 193 Å². The number of nitrogens with zero attached hydrogens (tertiary/aromatic N) is 1. The lowest BCUT2D eigenvalue weighted by Crippen LogP contribution is -2.50. The van der Waals surface area contributed by atoms with Gasteiger partial charge in [-0.05, 0) is 47.5 Å². The number of hydrogen-bond donors (Lipinski definition) is 2. The summed E-state index contributed by atoms with van der Waals surface area (Å²) in [6, 6.07) is 8.25. The SMILES string of the molecule is CCCC(NC(=O)CC(NC(C)=O)c1ccc(OC)cc1)C(=O)N1CCc2sccc2C1. The quantitative estimate of drug-likeness (QED) is 0.605. The highest BCUT2D eigenvalue weighted by molar-refractivity contribution is 7.10. The van der Waals surface area contributed by atoms with E-state index in [4.69, 9.17) is 4.74 Å². The first-order chi connectivity index (χ1) is 15.4. The minimum absolute atomic E-state index is 0.0439. The van der Waals surface area contributed by atoms with Gasteiger partial charge in [-0.3, -0.25) is 14.4 Å². The van der Waals surface area contributed by atoms with Gasteiger partial charge in [0.2, 0.25) is 17.7 Å². The number of thiophene rings is 1. The van der Waals surface area contributed by atoms with Gasteiger partial charge < -0.3 is 20.3 Å². The highest BCUT2D eigenvalue weighted by Gasteiger charge is 2.29. The predicted molar refractivity (Wildman–Crippen MR) is 124 cm³/mol. The molecule has 0 radical (unpaired) electrons.